The Bertz CT molecular complexity index is 1950. The Balaban J connectivity index is 2.19. The van der Waals surface area contributed by atoms with Gasteiger partial charge in [-0.25, -0.2) is 31.6 Å². The van der Waals surface area contributed by atoms with E-state index >= 15 is 0 Å². The summed E-state index contributed by atoms with van der Waals surface area (Å²) in [5.41, 5.74) is 5.96. The molecule has 43 heavy (non-hydrogen) atoms. The second-order valence-corrected chi connectivity index (χ2v) is 12.8. The van der Waals surface area contributed by atoms with Crippen LogP contribution in [0.15, 0.2) is 110 Å². The normalized spacial score (nSPS) is 15.6. The number of allylic oxidation sites excluding steroid dienone is 1. The average molecular weight is 623 g/mol. The van der Waals surface area contributed by atoms with E-state index in [1.807, 2.05) is 6.07 Å². The predicted molar refractivity (Wildman–Crippen MR) is 154 cm³/mol. The van der Waals surface area contributed by atoms with Gasteiger partial charge in [0.2, 0.25) is 19.9 Å². The van der Waals surface area contributed by atoms with Crippen molar-refractivity contribution in [3.05, 3.63) is 107 Å². The van der Waals surface area contributed by atoms with Crippen molar-refractivity contribution >= 4 is 37.5 Å². The van der Waals surface area contributed by atoms with E-state index in [0.29, 0.717) is 5.56 Å². The lowest BCUT2D eigenvalue weighted by atomic mass is 9.81. The highest BCUT2D eigenvalue weighted by Crippen LogP contribution is 2.45. The zero-order valence-corrected chi connectivity index (χ0v) is 24.8. The maximum Gasteiger partial charge on any atom is 0.355 e. The molecule has 3 aromatic carbocycles. The first-order chi connectivity index (χ1) is 20.3. The van der Waals surface area contributed by atoms with Crippen LogP contribution in [0.1, 0.15) is 17.0 Å². The highest BCUT2D eigenvalue weighted by atomic mass is 32.2. The van der Waals surface area contributed by atoms with Crippen LogP contribution >= 0.6 is 0 Å². The molecule has 4 N–H and O–H groups in total. The van der Waals surface area contributed by atoms with E-state index in [1.165, 1.54) is 12.1 Å². The van der Waals surface area contributed by atoms with Crippen molar-refractivity contribution in [3.8, 4) is 6.07 Å². The van der Waals surface area contributed by atoms with Gasteiger partial charge in [-0.15, -0.1) is 0 Å². The number of nitriles is 1. The summed E-state index contributed by atoms with van der Waals surface area (Å²) in [7, 11) is -6.80. The van der Waals surface area contributed by atoms with Crippen LogP contribution < -0.4 is 15.8 Å². The summed E-state index contributed by atoms with van der Waals surface area (Å²) in [5.74, 6) is -3.90. The number of sulfonamides is 1. The fourth-order valence-corrected chi connectivity index (χ4v) is 6.64. The topological polar surface area (TPSA) is 200 Å². The SMILES string of the molecule is COC(=O)C1=C(C(=O)OC)N(c2cc(S(N)(=O)=O)ccc2S(=O)(=O)c2ccc(C)cc2)C(N)=C(C#N)C1c1ccccc1. The number of ether oxygens (including phenoxy) is 2. The summed E-state index contributed by atoms with van der Waals surface area (Å²) in [6.45, 7) is 1.76. The number of sulfone groups is 1. The van der Waals surface area contributed by atoms with Crippen LogP contribution in [0.3, 0.4) is 0 Å². The summed E-state index contributed by atoms with van der Waals surface area (Å²) in [4.78, 5) is 26.4. The summed E-state index contributed by atoms with van der Waals surface area (Å²) in [6, 6.07) is 18.8. The van der Waals surface area contributed by atoms with Crippen molar-refractivity contribution in [1.82, 2.24) is 0 Å². The number of aryl methyl sites for hydroxylation is 1. The minimum absolute atomic E-state index is 0.165. The summed E-state index contributed by atoms with van der Waals surface area (Å²) < 4.78 is 62.7. The molecule has 1 aliphatic heterocycles. The molecule has 0 aliphatic carbocycles. The van der Waals surface area contributed by atoms with Gasteiger partial charge in [0, 0.05) is 0 Å². The Morgan fingerprint density at radius 3 is 2.00 bits per heavy atom. The van der Waals surface area contributed by atoms with Gasteiger partial charge in [0.25, 0.3) is 0 Å². The Morgan fingerprint density at radius 2 is 1.47 bits per heavy atom. The van der Waals surface area contributed by atoms with Crippen LogP contribution in [0.4, 0.5) is 5.69 Å². The number of nitrogens with zero attached hydrogens (tertiary/aromatic N) is 2. The summed E-state index contributed by atoms with van der Waals surface area (Å²) >= 11 is 0. The van der Waals surface area contributed by atoms with Crippen LogP contribution in [-0.2, 0) is 38.9 Å². The zero-order valence-electron chi connectivity index (χ0n) is 23.1. The van der Waals surface area contributed by atoms with Gasteiger partial charge >= 0.3 is 11.9 Å². The Labute approximate surface area is 248 Å². The molecule has 0 fully saturated rings. The lowest BCUT2D eigenvalue weighted by Gasteiger charge is -2.36. The van der Waals surface area contributed by atoms with Gasteiger partial charge in [-0.3, -0.25) is 4.90 Å². The van der Waals surface area contributed by atoms with Crippen molar-refractivity contribution in [2.24, 2.45) is 10.9 Å². The third-order valence-corrected chi connectivity index (χ3v) is 9.46. The van der Waals surface area contributed by atoms with E-state index in [-0.39, 0.29) is 10.5 Å². The maximum absolute atomic E-state index is 14.0. The lowest BCUT2D eigenvalue weighted by molar-refractivity contribution is -0.139. The second-order valence-electron chi connectivity index (χ2n) is 9.33. The minimum atomic E-state index is -4.44. The molecule has 0 radical (unpaired) electrons. The molecular formula is C29H26N4O8S2. The van der Waals surface area contributed by atoms with Crippen LogP contribution in [0.2, 0.25) is 0 Å². The average Bonchev–Trinajstić information content (AvgIpc) is 2.99. The number of methoxy groups -OCH3 is 2. The van der Waals surface area contributed by atoms with Crippen molar-refractivity contribution in [3.63, 3.8) is 0 Å². The largest absolute Gasteiger partial charge is 0.466 e. The summed E-state index contributed by atoms with van der Waals surface area (Å²) in [6.07, 6.45) is 0. The quantitative estimate of drug-likeness (QED) is 0.367. The van der Waals surface area contributed by atoms with E-state index in [4.69, 9.17) is 20.3 Å². The Hall–Kier alpha value is -4.97. The molecule has 0 bridgehead atoms. The predicted octanol–water partition coefficient (Wildman–Crippen LogP) is 2.37. The van der Waals surface area contributed by atoms with E-state index in [9.17, 15) is 31.7 Å². The molecule has 1 heterocycles. The molecule has 222 valence electrons. The number of nitrogens with two attached hydrogens (primary N) is 2. The summed E-state index contributed by atoms with van der Waals surface area (Å²) in [5, 5.41) is 15.7. The number of rotatable bonds is 7. The number of primary sulfonamides is 1. The van der Waals surface area contributed by atoms with Crippen LogP contribution in [-0.4, -0.2) is 43.0 Å². The maximum atomic E-state index is 14.0. The van der Waals surface area contributed by atoms with Crippen LogP contribution in [0.25, 0.3) is 0 Å². The van der Waals surface area contributed by atoms with Gasteiger partial charge in [0.1, 0.15) is 11.5 Å². The number of hydrogen-bond donors (Lipinski definition) is 2. The third kappa shape index (κ3) is 5.61. The molecule has 1 atom stereocenters. The smallest absolute Gasteiger partial charge is 0.355 e. The van der Waals surface area contributed by atoms with Crippen molar-refractivity contribution in [2.75, 3.05) is 19.1 Å². The fourth-order valence-electron chi connectivity index (χ4n) is 4.68. The van der Waals surface area contributed by atoms with Crippen molar-refractivity contribution in [2.45, 2.75) is 27.5 Å². The first-order valence-electron chi connectivity index (χ1n) is 12.4. The van der Waals surface area contributed by atoms with Gasteiger partial charge in [-0.05, 0) is 42.8 Å². The molecule has 0 saturated carbocycles. The van der Waals surface area contributed by atoms with Gasteiger partial charge in [-0.1, -0.05) is 48.0 Å². The number of hydrogen-bond acceptors (Lipinski definition) is 11. The molecule has 1 unspecified atom stereocenters. The highest BCUT2D eigenvalue weighted by molar-refractivity contribution is 7.91. The number of carbonyl (C=O) groups is 2. The fraction of sp³-hybridized carbons (Fsp3) is 0.138. The monoisotopic (exact) mass is 622 g/mol. The van der Waals surface area contributed by atoms with Crippen molar-refractivity contribution in [1.29, 1.82) is 5.26 Å². The molecule has 0 spiro atoms. The highest BCUT2D eigenvalue weighted by Gasteiger charge is 2.44. The molecule has 12 nitrogen and oxygen atoms in total. The third-order valence-electron chi connectivity index (χ3n) is 6.73. The second kappa shape index (κ2) is 11.7. The van der Waals surface area contributed by atoms with Crippen LogP contribution in [0, 0.1) is 18.3 Å². The van der Waals surface area contributed by atoms with Gasteiger partial charge < -0.3 is 15.2 Å². The molecular weight excluding hydrogens is 596 g/mol. The molecule has 4 rings (SSSR count). The number of esters is 2. The number of carbonyl (C=O) groups excluding carboxylic acids is 2. The van der Waals surface area contributed by atoms with E-state index in [0.717, 1.165) is 42.9 Å². The number of benzene rings is 3. The van der Waals surface area contributed by atoms with Gasteiger partial charge in [0.15, 0.2) is 0 Å². The molecule has 0 amide bonds. The molecule has 0 aromatic heterocycles. The van der Waals surface area contributed by atoms with E-state index in [1.54, 1.807) is 49.4 Å². The van der Waals surface area contributed by atoms with Gasteiger partial charge in [0.05, 0.1) is 57.7 Å². The lowest BCUT2D eigenvalue weighted by Crippen LogP contribution is -2.41. The molecule has 0 saturated heterocycles. The zero-order chi connectivity index (χ0) is 31.7. The minimum Gasteiger partial charge on any atom is -0.466 e. The van der Waals surface area contributed by atoms with Gasteiger partial charge in [-0.2, -0.15) is 5.26 Å². The van der Waals surface area contributed by atoms with Crippen LogP contribution in [0.5, 0.6) is 0 Å². The standard InChI is InChI=1S/C29H26N4O8S2/c1-17-9-11-19(12-10-17)42(36,37)23-14-13-20(43(32,38)39)15-22(23)33-26(29(35)41-3)25(28(34)40-2)24(21(16-30)27(33)31)18-7-5-4-6-8-18/h4-15,24H,31H2,1-3H3,(H2,32,38,39). The first-order valence-corrected chi connectivity index (χ1v) is 15.4. The molecule has 3 aromatic rings. The molecule has 1 aliphatic rings. The van der Waals surface area contributed by atoms with Crippen molar-refractivity contribution < 1.29 is 35.9 Å². The number of anilines is 1. The molecule has 14 heteroatoms. The van der Waals surface area contributed by atoms with E-state index in [2.05, 4.69) is 0 Å². The van der Waals surface area contributed by atoms with E-state index < -0.39 is 70.3 Å². The Morgan fingerprint density at radius 1 is 0.884 bits per heavy atom. The Kier molecular flexibility index (Phi) is 8.45. The first kappa shape index (κ1) is 31.0.